The Bertz CT molecular complexity index is 1650. The molecule has 0 aliphatic carbocycles. The Labute approximate surface area is 205 Å². The van der Waals surface area contributed by atoms with Crippen LogP contribution in [-0.2, 0) is 11.3 Å². The van der Waals surface area contributed by atoms with Gasteiger partial charge in [-0.2, -0.15) is 5.10 Å². The quantitative estimate of drug-likeness (QED) is 0.467. The number of nitrogens with one attached hydrogen (secondary N) is 1. The molecule has 0 spiro atoms. The third-order valence-electron chi connectivity index (χ3n) is 6.02. The molecule has 1 unspecified atom stereocenters. The molecule has 0 bridgehead atoms. The van der Waals surface area contributed by atoms with Crippen LogP contribution in [0.25, 0.3) is 6.08 Å². The molecular formula is C26H25N5O3S. The lowest BCUT2D eigenvalue weighted by Gasteiger charge is -2.23. The van der Waals surface area contributed by atoms with Crippen LogP contribution in [0.2, 0.25) is 0 Å². The second-order valence-corrected chi connectivity index (χ2v) is 9.38. The Hall–Kier alpha value is -3.98. The average molecular weight is 488 g/mol. The van der Waals surface area contributed by atoms with Crippen molar-refractivity contribution in [1.29, 1.82) is 0 Å². The van der Waals surface area contributed by atoms with Gasteiger partial charge in [-0.15, -0.1) is 0 Å². The van der Waals surface area contributed by atoms with Gasteiger partial charge in [-0.1, -0.05) is 29.5 Å². The summed E-state index contributed by atoms with van der Waals surface area (Å²) in [7, 11) is 0. The third kappa shape index (κ3) is 4.08. The van der Waals surface area contributed by atoms with Gasteiger partial charge in [0, 0.05) is 18.4 Å². The molecule has 0 saturated carbocycles. The molecule has 1 aromatic carbocycles. The minimum Gasteiger partial charge on any atom is -0.464 e. The highest BCUT2D eigenvalue weighted by Crippen LogP contribution is 2.32. The number of hydrogen-bond acceptors (Lipinski definition) is 6. The molecule has 1 N–H and O–H groups in total. The molecule has 0 fully saturated rings. The maximum absolute atomic E-state index is 13.7. The van der Waals surface area contributed by atoms with Crippen molar-refractivity contribution in [2.45, 2.75) is 40.3 Å². The maximum atomic E-state index is 13.7. The highest BCUT2D eigenvalue weighted by molar-refractivity contribution is 7.07. The van der Waals surface area contributed by atoms with Crippen LogP contribution in [0.4, 0.5) is 5.69 Å². The van der Waals surface area contributed by atoms with Crippen LogP contribution in [0.1, 0.15) is 42.7 Å². The van der Waals surface area contributed by atoms with Gasteiger partial charge in [-0.05, 0) is 63.6 Å². The van der Waals surface area contributed by atoms with E-state index in [0.29, 0.717) is 44.4 Å². The van der Waals surface area contributed by atoms with Crippen molar-refractivity contribution in [1.82, 2.24) is 14.3 Å². The Morgan fingerprint density at radius 1 is 1.17 bits per heavy atom. The van der Waals surface area contributed by atoms with Gasteiger partial charge in [0.1, 0.15) is 17.6 Å². The number of furan rings is 1. The number of aryl methyl sites for hydroxylation is 3. The summed E-state index contributed by atoms with van der Waals surface area (Å²) in [5.74, 6) is 0.887. The van der Waals surface area contributed by atoms with Crippen molar-refractivity contribution in [3.8, 4) is 0 Å². The summed E-state index contributed by atoms with van der Waals surface area (Å²) in [6.07, 6.45) is 3.52. The van der Waals surface area contributed by atoms with E-state index in [1.54, 1.807) is 17.7 Å². The number of benzene rings is 1. The summed E-state index contributed by atoms with van der Waals surface area (Å²) >= 11 is 1.29. The van der Waals surface area contributed by atoms with E-state index in [2.05, 4.69) is 15.4 Å². The molecule has 3 aromatic heterocycles. The first kappa shape index (κ1) is 22.8. The van der Waals surface area contributed by atoms with Gasteiger partial charge in [0.25, 0.3) is 11.5 Å². The number of para-hydroxylation sites is 1. The maximum Gasteiger partial charge on any atom is 0.271 e. The molecule has 9 heteroatoms. The fourth-order valence-electron chi connectivity index (χ4n) is 4.25. The number of allylic oxidation sites excluding steroid dienone is 1. The summed E-state index contributed by atoms with van der Waals surface area (Å²) in [5, 5.41) is 7.28. The van der Waals surface area contributed by atoms with E-state index in [0.717, 1.165) is 11.3 Å². The molecule has 1 atom stereocenters. The zero-order chi connectivity index (χ0) is 24.7. The van der Waals surface area contributed by atoms with E-state index >= 15 is 0 Å². The van der Waals surface area contributed by atoms with E-state index in [-0.39, 0.29) is 11.5 Å². The van der Waals surface area contributed by atoms with E-state index in [1.807, 2.05) is 74.0 Å². The third-order valence-corrected chi connectivity index (χ3v) is 7.00. The van der Waals surface area contributed by atoms with Crippen LogP contribution < -0.4 is 20.2 Å². The number of nitrogens with zero attached hydrogens (tertiary/aromatic N) is 4. The van der Waals surface area contributed by atoms with Gasteiger partial charge in [0.15, 0.2) is 4.80 Å². The second kappa shape index (κ2) is 8.99. The van der Waals surface area contributed by atoms with Crippen LogP contribution in [0.15, 0.2) is 74.1 Å². The van der Waals surface area contributed by atoms with Crippen molar-refractivity contribution >= 4 is 29.0 Å². The Kier molecular flexibility index (Phi) is 5.86. The van der Waals surface area contributed by atoms with Gasteiger partial charge < -0.3 is 9.73 Å². The lowest BCUT2D eigenvalue weighted by atomic mass is 10.00. The number of anilines is 1. The number of rotatable bonds is 5. The van der Waals surface area contributed by atoms with E-state index in [4.69, 9.17) is 4.42 Å². The summed E-state index contributed by atoms with van der Waals surface area (Å²) in [4.78, 5) is 32.4. The lowest BCUT2D eigenvalue weighted by molar-refractivity contribution is -0.113. The van der Waals surface area contributed by atoms with Crippen LogP contribution in [-0.4, -0.2) is 20.3 Å². The number of carbonyl (C=O) groups excluding carboxylic acids is 1. The first-order valence-electron chi connectivity index (χ1n) is 11.3. The molecule has 8 nitrogen and oxygen atoms in total. The molecule has 1 aliphatic heterocycles. The lowest BCUT2D eigenvalue weighted by Crippen LogP contribution is -2.40. The highest BCUT2D eigenvalue weighted by Gasteiger charge is 2.34. The summed E-state index contributed by atoms with van der Waals surface area (Å²) in [6, 6.07) is 12.3. The van der Waals surface area contributed by atoms with E-state index in [1.165, 1.54) is 11.3 Å². The molecule has 4 aromatic rings. The minimum atomic E-state index is -0.734. The van der Waals surface area contributed by atoms with Gasteiger partial charge in [-0.25, -0.2) is 4.99 Å². The molecule has 5 rings (SSSR count). The number of fused-ring (bicyclic) bond motifs is 1. The van der Waals surface area contributed by atoms with E-state index < -0.39 is 6.04 Å². The minimum absolute atomic E-state index is 0.231. The molecule has 178 valence electrons. The summed E-state index contributed by atoms with van der Waals surface area (Å²) in [5.41, 5.74) is 3.16. The zero-order valence-corrected chi connectivity index (χ0v) is 20.7. The van der Waals surface area contributed by atoms with Crippen LogP contribution in [0, 0.1) is 13.8 Å². The number of hydrogen-bond donors (Lipinski definition) is 1. The number of thiazole rings is 1. The van der Waals surface area contributed by atoms with Gasteiger partial charge in [0.2, 0.25) is 0 Å². The number of carbonyl (C=O) groups is 1. The van der Waals surface area contributed by atoms with Crippen molar-refractivity contribution in [3.63, 3.8) is 0 Å². The van der Waals surface area contributed by atoms with Crippen molar-refractivity contribution in [2.75, 3.05) is 5.32 Å². The topological polar surface area (TPSA) is 94.4 Å². The van der Waals surface area contributed by atoms with Crippen LogP contribution >= 0.6 is 11.3 Å². The summed E-state index contributed by atoms with van der Waals surface area (Å²) in [6.45, 7) is 8.24. The van der Waals surface area contributed by atoms with Crippen molar-refractivity contribution < 1.29 is 9.21 Å². The molecule has 35 heavy (non-hydrogen) atoms. The van der Waals surface area contributed by atoms with Crippen LogP contribution in [0.5, 0.6) is 0 Å². The molecule has 0 saturated heterocycles. The zero-order valence-electron chi connectivity index (χ0n) is 19.9. The van der Waals surface area contributed by atoms with Crippen molar-refractivity contribution in [3.05, 3.63) is 102 Å². The Balaban J connectivity index is 1.67. The molecule has 1 amide bonds. The highest BCUT2D eigenvalue weighted by atomic mass is 32.1. The standard InChI is InChI=1S/C26H25N5O3S/c1-5-30-18(12-13-27-30)14-21-25(33)31-23(20-11-10-16(3)34-20)22(17(4)28-26(31)35-21)24(32)29-19-9-7-6-8-15(19)2/h6-14,23H,5H2,1-4H3,(H,29,32). The monoisotopic (exact) mass is 487 g/mol. The predicted octanol–water partition coefficient (Wildman–Crippen LogP) is 3.30. The van der Waals surface area contributed by atoms with Gasteiger partial charge in [0.05, 0.1) is 21.5 Å². The first-order chi connectivity index (χ1) is 16.9. The van der Waals surface area contributed by atoms with Gasteiger partial charge in [-0.3, -0.25) is 18.8 Å². The van der Waals surface area contributed by atoms with Gasteiger partial charge >= 0.3 is 0 Å². The SMILES string of the molecule is CCn1nccc1C=c1sc2n(c1=O)C(c1ccc(C)o1)C(C(=O)Nc1ccccc1C)=C(C)N=2. The van der Waals surface area contributed by atoms with Crippen molar-refractivity contribution in [2.24, 2.45) is 4.99 Å². The predicted molar refractivity (Wildman–Crippen MR) is 135 cm³/mol. The Morgan fingerprint density at radius 3 is 2.69 bits per heavy atom. The number of amides is 1. The largest absolute Gasteiger partial charge is 0.464 e. The normalized spacial score (nSPS) is 15.8. The number of aromatic nitrogens is 3. The molecular weight excluding hydrogens is 462 g/mol. The fourth-order valence-corrected chi connectivity index (χ4v) is 5.28. The second-order valence-electron chi connectivity index (χ2n) is 8.37. The smallest absolute Gasteiger partial charge is 0.271 e. The average Bonchev–Trinajstić information content (AvgIpc) is 3.54. The van der Waals surface area contributed by atoms with Crippen LogP contribution in [0.3, 0.4) is 0 Å². The molecule has 1 aliphatic rings. The molecule has 0 radical (unpaired) electrons. The fraction of sp³-hybridized carbons (Fsp3) is 0.231. The summed E-state index contributed by atoms with van der Waals surface area (Å²) < 4.78 is 9.84. The van der Waals surface area contributed by atoms with E-state index in [9.17, 15) is 9.59 Å². The Morgan fingerprint density at radius 2 is 1.97 bits per heavy atom. The molecule has 4 heterocycles. The first-order valence-corrected chi connectivity index (χ1v) is 12.2.